The predicted molar refractivity (Wildman–Crippen MR) is 49.1 cm³/mol. The number of hydrogen-bond acceptors (Lipinski definition) is 3. The van der Waals surface area contributed by atoms with Crippen LogP contribution in [0.5, 0.6) is 0 Å². The number of nitrogens with zero attached hydrogens (tertiary/aromatic N) is 1. The van der Waals surface area contributed by atoms with Crippen LogP contribution in [0.3, 0.4) is 0 Å². The maximum Gasteiger partial charge on any atom is 0.130 e. The van der Waals surface area contributed by atoms with Crippen molar-refractivity contribution in [2.45, 2.75) is 13.0 Å². The van der Waals surface area contributed by atoms with Crippen molar-refractivity contribution in [3.63, 3.8) is 0 Å². The van der Waals surface area contributed by atoms with Gasteiger partial charge in [0, 0.05) is 24.8 Å². The first-order valence-corrected chi connectivity index (χ1v) is 4.35. The summed E-state index contributed by atoms with van der Waals surface area (Å²) in [6, 6.07) is 4.08. The molecule has 2 rings (SSSR count). The summed E-state index contributed by atoms with van der Waals surface area (Å²) < 4.78 is 0. The van der Waals surface area contributed by atoms with Gasteiger partial charge in [0.2, 0.25) is 0 Å². The molecule has 1 aliphatic heterocycles. The van der Waals surface area contributed by atoms with Gasteiger partial charge in [0.25, 0.3) is 0 Å². The van der Waals surface area contributed by atoms with Crippen LogP contribution in [0.2, 0.25) is 0 Å². The molecule has 0 saturated carbocycles. The Morgan fingerprint density at radius 3 is 3.33 bits per heavy atom. The van der Waals surface area contributed by atoms with E-state index in [1.165, 1.54) is 5.56 Å². The summed E-state index contributed by atoms with van der Waals surface area (Å²) in [4.78, 5) is 4.27. The van der Waals surface area contributed by atoms with E-state index in [-0.39, 0.29) is 0 Å². The van der Waals surface area contributed by atoms with Crippen molar-refractivity contribution in [1.29, 1.82) is 0 Å². The van der Waals surface area contributed by atoms with Crippen LogP contribution in [0, 0.1) is 0 Å². The molecule has 0 fully saturated rings. The van der Waals surface area contributed by atoms with E-state index in [2.05, 4.69) is 21.7 Å². The van der Waals surface area contributed by atoms with Crippen molar-refractivity contribution in [2.24, 2.45) is 0 Å². The Hall–Kier alpha value is -1.09. The Kier molecular flexibility index (Phi) is 2.23. The first kappa shape index (κ1) is 7.55. The molecule has 0 spiro atoms. The smallest absolute Gasteiger partial charge is 0.130 e. The minimum atomic E-state index is 0.927. The summed E-state index contributed by atoms with van der Waals surface area (Å²) in [6.45, 7) is 3.02. The van der Waals surface area contributed by atoms with Crippen LogP contribution < -0.4 is 10.6 Å². The SMILES string of the molecule is c1cnc2c(c1)CNCCCN2. The second-order valence-corrected chi connectivity index (χ2v) is 2.97. The number of fused-ring (bicyclic) bond motifs is 1. The van der Waals surface area contributed by atoms with Gasteiger partial charge < -0.3 is 10.6 Å². The Morgan fingerprint density at radius 2 is 2.33 bits per heavy atom. The zero-order valence-corrected chi connectivity index (χ0v) is 7.01. The van der Waals surface area contributed by atoms with Gasteiger partial charge in [-0.3, -0.25) is 0 Å². The molecule has 3 nitrogen and oxygen atoms in total. The first-order valence-electron chi connectivity index (χ1n) is 4.35. The predicted octanol–water partition coefficient (Wildman–Crippen LogP) is 0.987. The van der Waals surface area contributed by atoms with E-state index in [0.717, 1.165) is 31.9 Å². The van der Waals surface area contributed by atoms with Gasteiger partial charge in [-0.1, -0.05) is 6.07 Å². The van der Waals surface area contributed by atoms with Crippen LogP contribution in [-0.2, 0) is 6.54 Å². The number of hydrogen-bond donors (Lipinski definition) is 2. The molecule has 0 atom stereocenters. The lowest BCUT2D eigenvalue weighted by Crippen LogP contribution is -2.22. The molecule has 1 aliphatic rings. The van der Waals surface area contributed by atoms with E-state index in [1.807, 2.05) is 12.3 Å². The quantitative estimate of drug-likeness (QED) is 0.598. The molecule has 0 saturated heterocycles. The van der Waals surface area contributed by atoms with Gasteiger partial charge in [-0.05, 0) is 19.0 Å². The zero-order chi connectivity index (χ0) is 8.23. The van der Waals surface area contributed by atoms with E-state index in [0.29, 0.717) is 0 Å². The molecule has 0 radical (unpaired) electrons. The Morgan fingerprint density at radius 1 is 1.33 bits per heavy atom. The molecular weight excluding hydrogens is 150 g/mol. The second kappa shape index (κ2) is 3.54. The molecule has 2 heterocycles. The zero-order valence-electron chi connectivity index (χ0n) is 7.01. The molecular formula is C9H13N3. The molecule has 0 bridgehead atoms. The summed E-state index contributed by atoms with van der Waals surface area (Å²) in [7, 11) is 0. The summed E-state index contributed by atoms with van der Waals surface area (Å²) in [5.74, 6) is 1.03. The summed E-state index contributed by atoms with van der Waals surface area (Å²) in [5, 5.41) is 6.68. The number of anilines is 1. The molecule has 1 aromatic heterocycles. The fourth-order valence-corrected chi connectivity index (χ4v) is 1.38. The molecule has 12 heavy (non-hydrogen) atoms. The molecule has 2 N–H and O–H groups in total. The van der Waals surface area contributed by atoms with Gasteiger partial charge >= 0.3 is 0 Å². The molecule has 0 unspecified atom stereocenters. The maximum absolute atomic E-state index is 4.27. The largest absolute Gasteiger partial charge is 0.370 e. The lowest BCUT2D eigenvalue weighted by Gasteiger charge is -2.14. The average molecular weight is 163 g/mol. The monoisotopic (exact) mass is 163 g/mol. The maximum atomic E-state index is 4.27. The molecule has 1 aromatic rings. The van der Waals surface area contributed by atoms with E-state index in [1.54, 1.807) is 0 Å². The minimum Gasteiger partial charge on any atom is -0.370 e. The Balaban J connectivity index is 2.24. The van der Waals surface area contributed by atoms with Crippen molar-refractivity contribution in [3.8, 4) is 0 Å². The van der Waals surface area contributed by atoms with Crippen molar-refractivity contribution in [2.75, 3.05) is 18.4 Å². The van der Waals surface area contributed by atoms with E-state index < -0.39 is 0 Å². The fraction of sp³-hybridized carbons (Fsp3) is 0.444. The highest BCUT2D eigenvalue weighted by Crippen LogP contribution is 2.11. The van der Waals surface area contributed by atoms with Crippen molar-refractivity contribution >= 4 is 5.82 Å². The minimum absolute atomic E-state index is 0.927. The molecule has 3 heteroatoms. The lowest BCUT2D eigenvalue weighted by molar-refractivity contribution is 0.649. The van der Waals surface area contributed by atoms with Crippen LogP contribution >= 0.6 is 0 Å². The van der Waals surface area contributed by atoms with Crippen molar-refractivity contribution in [3.05, 3.63) is 23.9 Å². The van der Waals surface area contributed by atoms with Crippen LogP contribution in [0.15, 0.2) is 18.3 Å². The van der Waals surface area contributed by atoms with Crippen LogP contribution in [0.4, 0.5) is 5.82 Å². The highest BCUT2D eigenvalue weighted by atomic mass is 15.0. The normalized spacial score (nSPS) is 17.0. The summed E-state index contributed by atoms with van der Waals surface area (Å²) >= 11 is 0. The van der Waals surface area contributed by atoms with Gasteiger partial charge in [0.15, 0.2) is 0 Å². The second-order valence-electron chi connectivity index (χ2n) is 2.97. The van der Waals surface area contributed by atoms with Crippen LogP contribution in [0.1, 0.15) is 12.0 Å². The third-order valence-corrected chi connectivity index (χ3v) is 2.03. The van der Waals surface area contributed by atoms with Gasteiger partial charge in [-0.15, -0.1) is 0 Å². The number of nitrogens with one attached hydrogen (secondary N) is 2. The topological polar surface area (TPSA) is 37.0 Å². The van der Waals surface area contributed by atoms with Gasteiger partial charge in [-0.25, -0.2) is 4.98 Å². The van der Waals surface area contributed by atoms with Gasteiger partial charge in [0.1, 0.15) is 5.82 Å². The standard InChI is InChI=1S/C9H13N3/c1-3-8-7-10-4-2-6-12-9(8)11-5-1/h1,3,5,10H,2,4,6-7H2,(H,11,12). The van der Waals surface area contributed by atoms with E-state index in [4.69, 9.17) is 0 Å². The van der Waals surface area contributed by atoms with Crippen molar-refractivity contribution < 1.29 is 0 Å². The third-order valence-electron chi connectivity index (χ3n) is 2.03. The summed E-state index contributed by atoms with van der Waals surface area (Å²) in [6.07, 6.45) is 2.99. The highest BCUT2D eigenvalue weighted by molar-refractivity contribution is 5.43. The van der Waals surface area contributed by atoms with E-state index in [9.17, 15) is 0 Å². The Labute approximate surface area is 72.2 Å². The number of aromatic nitrogens is 1. The van der Waals surface area contributed by atoms with Crippen LogP contribution in [0.25, 0.3) is 0 Å². The molecule has 0 aromatic carbocycles. The van der Waals surface area contributed by atoms with Gasteiger partial charge in [0.05, 0.1) is 0 Å². The first-order chi connectivity index (χ1) is 5.97. The molecule has 0 aliphatic carbocycles. The summed E-state index contributed by atoms with van der Waals surface area (Å²) in [5.41, 5.74) is 1.26. The Bertz CT molecular complexity index is 233. The number of rotatable bonds is 0. The molecule has 64 valence electrons. The van der Waals surface area contributed by atoms with Crippen molar-refractivity contribution in [1.82, 2.24) is 10.3 Å². The van der Waals surface area contributed by atoms with E-state index >= 15 is 0 Å². The van der Waals surface area contributed by atoms with Gasteiger partial charge in [-0.2, -0.15) is 0 Å². The number of pyridine rings is 1. The highest BCUT2D eigenvalue weighted by Gasteiger charge is 2.04. The molecule has 0 amide bonds. The lowest BCUT2D eigenvalue weighted by atomic mass is 10.2. The fourth-order valence-electron chi connectivity index (χ4n) is 1.38. The third kappa shape index (κ3) is 1.56. The van der Waals surface area contributed by atoms with Crippen LogP contribution in [-0.4, -0.2) is 18.1 Å². The average Bonchev–Trinajstić information content (AvgIpc) is 2.06.